The van der Waals surface area contributed by atoms with E-state index in [0.29, 0.717) is 6.42 Å². The minimum absolute atomic E-state index is 0.0789. The average Bonchev–Trinajstić information content (AvgIpc) is 2.66. The number of nitrogens with two attached hydrogens (primary N) is 1. The second kappa shape index (κ2) is 11.8. The Balaban J connectivity index is 2.65. The Bertz CT molecular complexity index is 750. The van der Waals surface area contributed by atoms with Gasteiger partial charge >= 0.3 is 5.97 Å². The summed E-state index contributed by atoms with van der Waals surface area (Å²) in [6, 6.07) is 3.40. The number of hydrogen-bond donors (Lipinski definition) is 6. The van der Waals surface area contributed by atoms with Crippen molar-refractivity contribution in [2.24, 2.45) is 11.7 Å². The van der Waals surface area contributed by atoms with Gasteiger partial charge in [0.15, 0.2) is 0 Å². The number of nitrogens with one attached hydrogen (secondary N) is 3. The third kappa shape index (κ3) is 8.91. The average molecular weight is 422 g/mol. The maximum atomic E-state index is 12.5. The van der Waals surface area contributed by atoms with Crippen LogP contribution in [0.15, 0.2) is 24.3 Å². The minimum Gasteiger partial charge on any atom is -0.508 e. The fourth-order valence-electron chi connectivity index (χ4n) is 2.61. The summed E-state index contributed by atoms with van der Waals surface area (Å²) < 4.78 is 0. The van der Waals surface area contributed by atoms with Crippen molar-refractivity contribution in [2.45, 2.75) is 51.7 Å². The summed E-state index contributed by atoms with van der Waals surface area (Å²) in [6.45, 7) is 4.65. The van der Waals surface area contributed by atoms with E-state index >= 15 is 0 Å². The fourth-order valence-corrected chi connectivity index (χ4v) is 2.61. The number of amides is 3. The Morgan fingerprint density at radius 2 is 1.60 bits per heavy atom. The number of benzene rings is 1. The second-order valence-corrected chi connectivity index (χ2v) is 7.51. The molecule has 0 saturated heterocycles. The van der Waals surface area contributed by atoms with Crippen LogP contribution in [0, 0.1) is 5.92 Å². The minimum atomic E-state index is -1.19. The molecule has 0 unspecified atom stereocenters. The Morgan fingerprint density at radius 3 is 2.13 bits per heavy atom. The number of phenolic OH excluding ortho intramolecular Hbond substituents is 1. The van der Waals surface area contributed by atoms with E-state index in [2.05, 4.69) is 16.0 Å². The molecule has 0 heterocycles. The van der Waals surface area contributed by atoms with Crippen LogP contribution in [-0.4, -0.2) is 58.6 Å². The summed E-state index contributed by atoms with van der Waals surface area (Å²) in [5, 5.41) is 25.4. The molecule has 0 aliphatic carbocycles. The van der Waals surface area contributed by atoms with Crippen molar-refractivity contribution in [2.75, 3.05) is 6.54 Å². The lowest BCUT2D eigenvalue weighted by Gasteiger charge is -2.22. The van der Waals surface area contributed by atoms with Gasteiger partial charge in [-0.1, -0.05) is 26.0 Å². The largest absolute Gasteiger partial charge is 0.508 e. The Kier molecular flexibility index (Phi) is 9.76. The molecule has 0 aliphatic rings. The fraction of sp³-hybridized carbons (Fsp3) is 0.500. The molecule has 0 aliphatic heterocycles. The molecule has 10 nitrogen and oxygen atoms in total. The maximum absolute atomic E-state index is 12.5. The third-order valence-electron chi connectivity index (χ3n) is 4.24. The molecular weight excluding hydrogens is 392 g/mol. The van der Waals surface area contributed by atoms with Gasteiger partial charge in [0.2, 0.25) is 17.7 Å². The number of carbonyl (C=O) groups excluding carboxylic acids is 3. The predicted molar refractivity (Wildman–Crippen MR) is 109 cm³/mol. The van der Waals surface area contributed by atoms with Crippen LogP contribution in [0.4, 0.5) is 0 Å². The summed E-state index contributed by atoms with van der Waals surface area (Å²) in [7, 11) is 0. The highest BCUT2D eigenvalue weighted by Gasteiger charge is 2.25. The lowest BCUT2D eigenvalue weighted by molar-refractivity contribution is -0.141. The smallest absolute Gasteiger partial charge is 0.325 e. The van der Waals surface area contributed by atoms with E-state index in [-0.39, 0.29) is 18.1 Å². The van der Waals surface area contributed by atoms with Crippen molar-refractivity contribution < 1.29 is 29.4 Å². The molecule has 3 atom stereocenters. The summed E-state index contributed by atoms with van der Waals surface area (Å²) in [6.07, 6.45) is 0.550. The van der Waals surface area contributed by atoms with Crippen LogP contribution < -0.4 is 21.7 Å². The van der Waals surface area contributed by atoms with Crippen LogP contribution in [0.1, 0.15) is 32.8 Å². The first-order chi connectivity index (χ1) is 14.0. The molecule has 0 radical (unpaired) electrons. The number of aromatic hydroxyl groups is 1. The molecule has 1 aromatic carbocycles. The van der Waals surface area contributed by atoms with Gasteiger partial charge in [-0.3, -0.25) is 19.2 Å². The van der Waals surface area contributed by atoms with E-state index in [4.69, 9.17) is 10.8 Å². The SMILES string of the molecule is CC(C)C[C@H](NC(=O)[C@@H](N)Cc1ccc(O)cc1)C(=O)NCC(=O)N[C@@H](C)C(=O)O. The van der Waals surface area contributed by atoms with Crippen molar-refractivity contribution in [3.8, 4) is 5.75 Å². The number of hydrogen-bond acceptors (Lipinski definition) is 6. The third-order valence-corrected chi connectivity index (χ3v) is 4.24. The van der Waals surface area contributed by atoms with Crippen molar-refractivity contribution in [3.05, 3.63) is 29.8 Å². The predicted octanol–water partition coefficient (Wildman–Crippen LogP) is -0.502. The second-order valence-electron chi connectivity index (χ2n) is 7.51. The van der Waals surface area contributed by atoms with Gasteiger partial charge in [0, 0.05) is 0 Å². The zero-order valence-electron chi connectivity index (χ0n) is 17.3. The van der Waals surface area contributed by atoms with Crippen molar-refractivity contribution in [3.63, 3.8) is 0 Å². The number of rotatable bonds is 11. The van der Waals surface area contributed by atoms with E-state index in [9.17, 15) is 24.3 Å². The molecule has 7 N–H and O–H groups in total. The van der Waals surface area contributed by atoms with E-state index in [1.54, 1.807) is 12.1 Å². The van der Waals surface area contributed by atoms with Gasteiger partial charge in [0.05, 0.1) is 12.6 Å². The zero-order chi connectivity index (χ0) is 22.8. The highest BCUT2D eigenvalue weighted by Crippen LogP contribution is 2.11. The molecule has 1 rings (SSSR count). The molecule has 0 aromatic heterocycles. The van der Waals surface area contributed by atoms with Gasteiger partial charge in [-0.05, 0) is 43.4 Å². The first-order valence-corrected chi connectivity index (χ1v) is 9.63. The highest BCUT2D eigenvalue weighted by atomic mass is 16.4. The summed E-state index contributed by atoms with van der Waals surface area (Å²) >= 11 is 0. The first-order valence-electron chi connectivity index (χ1n) is 9.63. The van der Waals surface area contributed by atoms with Crippen LogP contribution in [0.5, 0.6) is 5.75 Å². The van der Waals surface area contributed by atoms with Crippen molar-refractivity contribution in [1.82, 2.24) is 16.0 Å². The topological polar surface area (TPSA) is 171 Å². The van der Waals surface area contributed by atoms with Crippen LogP contribution in [0.3, 0.4) is 0 Å². The number of aliphatic carboxylic acids is 1. The summed E-state index contributed by atoms with van der Waals surface area (Å²) in [4.78, 5) is 47.4. The molecule has 0 bridgehead atoms. The van der Waals surface area contributed by atoms with Gasteiger partial charge in [-0.15, -0.1) is 0 Å². The molecular formula is C20H30N4O6. The standard InChI is InChI=1S/C20H30N4O6/c1-11(2)8-16(19(28)22-10-17(26)23-12(3)20(29)30)24-18(27)15(21)9-13-4-6-14(25)7-5-13/h4-7,11-12,15-16,25H,8-10,21H2,1-3H3,(H,22,28)(H,23,26)(H,24,27)(H,29,30)/t12-,15-,16-/m0/s1. The Labute approximate surface area is 175 Å². The number of carbonyl (C=O) groups is 4. The van der Waals surface area contributed by atoms with Crippen LogP contribution in [0.25, 0.3) is 0 Å². The lowest BCUT2D eigenvalue weighted by atomic mass is 10.0. The number of phenols is 1. The molecule has 166 valence electrons. The first kappa shape index (κ1) is 24.9. The van der Waals surface area contributed by atoms with Crippen LogP contribution >= 0.6 is 0 Å². The quantitative estimate of drug-likeness (QED) is 0.279. The van der Waals surface area contributed by atoms with Crippen LogP contribution in [-0.2, 0) is 25.6 Å². The molecule has 0 saturated carbocycles. The summed E-state index contributed by atoms with van der Waals surface area (Å²) in [5.41, 5.74) is 6.70. The zero-order valence-corrected chi connectivity index (χ0v) is 17.3. The van der Waals surface area contributed by atoms with E-state index in [1.807, 2.05) is 13.8 Å². The summed E-state index contributed by atoms with van der Waals surface area (Å²) in [5.74, 6) is -2.75. The molecule has 10 heteroatoms. The molecule has 30 heavy (non-hydrogen) atoms. The highest BCUT2D eigenvalue weighted by molar-refractivity contribution is 5.92. The van der Waals surface area contributed by atoms with Crippen molar-refractivity contribution in [1.29, 1.82) is 0 Å². The number of carboxylic acids is 1. The number of carboxylic acid groups (broad SMARTS) is 1. The van der Waals surface area contributed by atoms with Gasteiger partial charge < -0.3 is 31.9 Å². The maximum Gasteiger partial charge on any atom is 0.325 e. The van der Waals surface area contributed by atoms with Gasteiger partial charge in [0.1, 0.15) is 17.8 Å². The Morgan fingerprint density at radius 1 is 1.00 bits per heavy atom. The Hall–Kier alpha value is -3.14. The molecule has 0 fully saturated rings. The van der Waals surface area contributed by atoms with Crippen molar-refractivity contribution >= 4 is 23.7 Å². The molecule has 3 amide bonds. The van der Waals surface area contributed by atoms with Gasteiger partial charge in [-0.25, -0.2) is 0 Å². The van der Waals surface area contributed by atoms with Gasteiger partial charge in [-0.2, -0.15) is 0 Å². The molecule has 0 spiro atoms. The lowest BCUT2D eigenvalue weighted by Crippen LogP contribution is -2.54. The van der Waals surface area contributed by atoms with E-state index < -0.39 is 48.4 Å². The van der Waals surface area contributed by atoms with Crippen LogP contribution in [0.2, 0.25) is 0 Å². The van der Waals surface area contributed by atoms with Gasteiger partial charge in [0.25, 0.3) is 0 Å². The normalized spacial score (nSPS) is 13.8. The molecule has 1 aromatic rings. The monoisotopic (exact) mass is 422 g/mol. The van der Waals surface area contributed by atoms with E-state index in [1.165, 1.54) is 19.1 Å². The van der Waals surface area contributed by atoms with E-state index in [0.717, 1.165) is 5.56 Å².